The number of carboxylic acid groups (broad SMARTS) is 1. The fourth-order valence-electron chi connectivity index (χ4n) is 7.35. The zero-order chi connectivity index (χ0) is 34.0. The van der Waals surface area contributed by atoms with Crippen molar-refractivity contribution in [1.29, 1.82) is 0 Å². The van der Waals surface area contributed by atoms with E-state index in [4.69, 9.17) is 4.98 Å². The van der Waals surface area contributed by atoms with Gasteiger partial charge >= 0.3 is 6.09 Å². The lowest BCUT2D eigenvalue weighted by molar-refractivity contribution is 0.0762. The van der Waals surface area contributed by atoms with Crippen molar-refractivity contribution in [2.45, 2.75) is 79.1 Å². The summed E-state index contributed by atoms with van der Waals surface area (Å²) in [4.78, 5) is 54.7. The molecule has 11 heteroatoms. The van der Waals surface area contributed by atoms with Crippen molar-refractivity contribution in [2.75, 3.05) is 49.6 Å². The first-order valence-corrected chi connectivity index (χ1v) is 16.7. The lowest BCUT2D eigenvalue weighted by atomic mass is 9.90. The van der Waals surface area contributed by atoms with Gasteiger partial charge in [-0.1, -0.05) is 0 Å². The number of likely N-dealkylation sites (tertiary alicyclic amines) is 1. The number of nitrogens with one attached hydrogen (secondary N) is 2. The molecule has 2 fully saturated rings. The zero-order valence-electron chi connectivity index (χ0n) is 28.8. The molecule has 2 amide bonds. The van der Waals surface area contributed by atoms with Crippen LogP contribution in [-0.2, 0) is 6.54 Å². The maximum atomic E-state index is 13.9. The third-order valence-electron chi connectivity index (χ3n) is 9.94. The third kappa shape index (κ3) is 7.30. The monoisotopic (exact) mass is 643 g/mol. The van der Waals surface area contributed by atoms with Gasteiger partial charge < -0.3 is 35.0 Å². The average Bonchev–Trinajstić information content (AvgIpc) is 3.01. The second-order valence-electron chi connectivity index (χ2n) is 13.3. The van der Waals surface area contributed by atoms with E-state index in [1.165, 1.54) is 0 Å². The molecule has 0 aliphatic carbocycles. The summed E-state index contributed by atoms with van der Waals surface area (Å²) < 4.78 is 0. The van der Waals surface area contributed by atoms with E-state index < -0.39 is 6.09 Å². The molecule has 3 aromatic rings. The molecule has 2 aromatic heterocycles. The number of aryl methyl sites for hydroxylation is 2. The molecule has 5 rings (SSSR count). The number of aromatic nitrogens is 2. The van der Waals surface area contributed by atoms with Crippen LogP contribution in [0.5, 0.6) is 0 Å². The van der Waals surface area contributed by atoms with Crippen LogP contribution in [0.15, 0.2) is 41.3 Å². The van der Waals surface area contributed by atoms with E-state index in [2.05, 4.69) is 57.2 Å². The number of anilines is 2. The standard InChI is InChI=1S/C36H49N7O4/c1-8-42(29-16-24(4)43(36(46)47)25(5)17-29)32-19-28(27-9-10-33(37-20-27)41-13-11-40(7)12-14-41)18-30(26(32)6)34(44)38-21-31-22(2)15-23(3)39-35(31)45/h9-10,15,18-20,24-25,29H,8,11-14,16-17,21H2,1-7H3,(H,38,44)(H,39,45)(H,46,47)/t24-,25-/m1/s1. The molecule has 2 aliphatic rings. The molecular formula is C36H49N7O4. The first-order valence-electron chi connectivity index (χ1n) is 16.7. The molecule has 4 heterocycles. The van der Waals surface area contributed by atoms with Crippen LogP contribution in [0.4, 0.5) is 16.3 Å². The van der Waals surface area contributed by atoms with E-state index in [0.29, 0.717) is 30.5 Å². The number of benzene rings is 1. The lowest BCUT2D eigenvalue weighted by Gasteiger charge is -2.46. The molecule has 0 unspecified atom stereocenters. The number of nitrogens with zero attached hydrogens (tertiary/aromatic N) is 5. The molecular weight excluding hydrogens is 594 g/mol. The SMILES string of the molecule is CCN(c1cc(-c2ccc(N3CCN(C)CC3)nc2)cc(C(=O)NCc2c(C)cc(C)[nH]c2=O)c1C)C1C[C@@H](C)N(C(=O)O)[C@H](C)C1. The molecule has 0 radical (unpaired) electrons. The number of hydrogen-bond donors (Lipinski definition) is 3. The number of piperidine rings is 1. The van der Waals surface area contributed by atoms with Gasteiger partial charge in [0.25, 0.3) is 11.5 Å². The molecule has 0 saturated carbocycles. The van der Waals surface area contributed by atoms with Crippen molar-refractivity contribution < 1.29 is 14.7 Å². The van der Waals surface area contributed by atoms with Gasteiger partial charge in [0.2, 0.25) is 0 Å². The number of carbonyl (C=O) groups is 2. The van der Waals surface area contributed by atoms with Crippen molar-refractivity contribution >= 4 is 23.5 Å². The number of amides is 2. The Morgan fingerprint density at radius 2 is 1.70 bits per heavy atom. The first kappa shape index (κ1) is 34.0. The molecule has 47 heavy (non-hydrogen) atoms. The van der Waals surface area contributed by atoms with Gasteiger partial charge in [-0.25, -0.2) is 9.78 Å². The molecule has 0 spiro atoms. The predicted octanol–water partition coefficient (Wildman–Crippen LogP) is 4.79. The Bertz CT molecular complexity index is 1650. The normalized spacial score (nSPS) is 20.3. The Morgan fingerprint density at radius 1 is 1.02 bits per heavy atom. The van der Waals surface area contributed by atoms with E-state index >= 15 is 0 Å². The highest BCUT2D eigenvalue weighted by Crippen LogP contribution is 2.36. The van der Waals surface area contributed by atoms with E-state index in [-0.39, 0.29) is 36.1 Å². The minimum atomic E-state index is -0.890. The largest absolute Gasteiger partial charge is 0.465 e. The molecule has 2 atom stereocenters. The lowest BCUT2D eigenvalue weighted by Crippen LogP contribution is -2.55. The van der Waals surface area contributed by atoms with E-state index in [1.54, 1.807) is 4.90 Å². The third-order valence-corrected chi connectivity index (χ3v) is 9.94. The summed E-state index contributed by atoms with van der Waals surface area (Å²) in [5.41, 5.74) is 6.03. The topological polar surface area (TPSA) is 125 Å². The van der Waals surface area contributed by atoms with Gasteiger partial charge in [0, 0.05) is 91.7 Å². The Balaban J connectivity index is 1.51. The number of pyridine rings is 2. The second kappa shape index (κ2) is 14.2. The van der Waals surface area contributed by atoms with Crippen LogP contribution < -0.4 is 20.7 Å². The average molecular weight is 644 g/mol. The van der Waals surface area contributed by atoms with Gasteiger partial charge in [-0.15, -0.1) is 0 Å². The van der Waals surface area contributed by atoms with E-state index in [0.717, 1.165) is 65.6 Å². The fourth-order valence-corrected chi connectivity index (χ4v) is 7.35. The Labute approximate surface area is 277 Å². The van der Waals surface area contributed by atoms with Gasteiger partial charge in [0.15, 0.2) is 0 Å². The van der Waals surface area contributed by atoms with Crippen molar-refractivity contribution in [3.8, 4) is 11.1 Å². The van der Waals surface area contributed by atoms with Gasteiger partial charge in [-0.2, -0.15) is 0 Å². The van der Waals surface area contributed by atoms with E-state index in [1.807, 2.05) is 52.9 Å². The van der Waals surface area contributed by atoms with Gasteiger partial charge in [0.1, 0.15) is 5.82 Å². The van der Waals surface area contributed by atoms with Crippen LogP contribution in [0.3, 0.4) is 0 Å². The Morgan fingerprint density at radius 3 is 2.28 bits per heavy atom. The predicted molar refractivity (Wildman–Crippen MR) is 187 cm³/mol. The first-order chi connectivity index (χ1) is 22.4. The fraction of sp³-hybridized carbons (Fsp3) is 0.500. The number of hydrogen-bond acceptors (Lipinski definition) is 7. The van der Waals surface area contributed by atoms with E-state index in [9.17, 15) is 19.5 Å². The summed E-state index contributed by atoms with van der Waals surface area (Å²) >= 11 is 0. The summed E-state index contributed by atoms with van der Waals surface area (Å²) in [5.74, 6) is 0.680. The molecule has 3 N–H and O–H groups in total. The molecule has 1 aromatic carbocycles. The van der Waals surface area contributed by atoms with Crippen molar-refractivity contribution in [3.63, 3.8) is 0 Å². The summed E-state index contributed by atoms with van der Waals surface area (Å²) in [6.45, 7) is 16.4. The maximum Gasteiger partial charge on any atom is 0.407 e. The summed E-state index contributed by atoms with van der Waals surface area (Å²) in [6.07, 6.45) is 2.36. The van der Waals surface area contributed by atoms with Gasteiger partial charge in [0.05, 0.1) is 0 Å². The number of piperazine rings is 1. The number of likely N-dealkylation sites (N-methyl/N-ethyl adjacent to an activating group) is 1. The number of rotatable bonds is 8. The quantitative estimate of drug-likeness (QED) is 0.320. The van der Waals surface area contributed by atoms with Crippen LogP contribution in [0, 0.1) is 20.8 Å². The zero-order valence-corrected chi connectivity index (χ0v) is 28.8. The van der Waals surface area contributed by atoms with Crippen molar-refractivity contribution in [2.24, 2.45) is 0 Å². The Hall–Kier alpha value is -4.38. The number of carbonyl (C=O) groups excluding carboxylic acids is 1. The molecule has 0 bridgehead atoms. The summed E-state index contributed by atoms with van der Waals surface area (Å²) in [5, 5.41) is 12.8. The smallest absolute Gasteiger partial charge is 0.407 e. The van der Waals surface area contributed by atoms with Gasteiger partial charge in [-0.05, 0) is 108 Å². The van der Waals surface area contributed by atoms with Crippen LogP contribution >= 0.6 is 0 Å². The summed E-state index contributed by atoms with van der Waals surface area (Å²) in [6, 6.07) is 9.90. The van der Waals surface area contributed by atoms with Crippen LogP contribution in [0.25, 0.3) is 11.1 Å². The molecule has 252 valence electrons. The van der Waals surface area contributed by atoms with Crippen molar-refractivity contribution in [3.05, 3.63) is 74.8 Å². The van der Waals surface area contributed by atoms with Gasteiger partial charge in [-0.3, -0.25) is 9.59 Å². The number of aromatic amines is 1. The minimum Gasteiger partial charge on any atom is -0.465 e. The molecule has 11 nitrogen and oxygen atoms in total. The minimum absolute atomic E-state index is 0.0944. The maximum absolute atomic E-state index is 13.9. The van der Waals surface area contributed by atoms with Crippen LogP contribution in [0.1, 0.15) is 66.4 Å². The highest BCUT2D eigenvalue weighted by Gasteiger charge is 2.37. The van der Waals surface area contributed by atoms with Crippen LogP contribution in [0.2, 0.25) is 0 Å². The number of H-pyrrole nitrogens is 1. The highest BCUT2D eigenvalue weighted by molar-refractivity contribution is 5.99. The highest BCUT2D eigenvalue weighted by atomic mass is 16.4. The Kier molecular flexibility index (Phi) is 10.2. The van der Waals surface area contributed by atoms with Crippen molar-refractivity contribution in [1.82, 2.24) is 25.1 Å². The second-order valence-corrected chi connectivity index (χ2v) is 13.3. The summed E-state index contributed by atoms with van der Waals surface area (Å²) in [7, 11) is 2.13. The molecule has 2 saturated heterocycles. The van der Waals surface area contributed by atoms with Crippen LogP contribution in [-0.4, -0.2) is 94.8 Å². The molecule has 2 aliphatic heterocycles.